The second-order valence-corrected chi connectivity index (χ2v) is 4.81. The average Bonchev–Trinajstić information content (AvgIpc) is 2.43. The van der Waals surface area contributed by atoms with Crippen molar-refractivity contribution < 1.29 is 9.53 Å². The van der Waals surface area contributed by atoms with Crippen LogP contribution in [0.4, 0.5) is 4.79 Å². The molecule has 1 amide bonds. The quantitative estimate of drug-likeness (QED) is 0.673. The maximum atomic E-state index is 11.8. The largest absolute Gasteiger partial charge is 0.444 e. The minimum atomic E-state index is -0.441. The summed E-state index contributed by atoms with van der Waals surface area (Å²) in [5.41, 5.74) is -0.441. The Morgan fingerprint density at radius 3 is 2.60 bits per heavy atom. The van der Waals surface area contributed by atoms with E-state index in [2.05, 4.69) is 11.9 Å². The lowest BCUT2D eigenvalue weighted by Crippen LogP contribution is -2.40. The molecule has 1 rings (SSSR count). The van der Waals surface area contributed by atoms with E-state index in [4.69, 9.17) is 4.74 Å². The number of hydrogen-bond donors (Lipinski definition) is 1. The van der Waals surface area contributed by atoms with Gasteiger partial charge in [-0.05, 0) is 27.7 Å². The van der Waals surface area contributed by atoms with Crippen molar-refractivity contribution in [1.29, 1.82) is 0 Å². The van der Waals surface area contributed by atoms with E-state index in [0.29, 0.717) is 6.67 Å². The van der Waals surface area contributed by atoms with Crippen LogP contribution in [0.3, 0.4) is 0 Å². The third-order valence-corrected chi connectivity index (χ3v) is 2.39. The number of rotatable bonds is 1. The molecule has 86 valence electrons. The summed E-state index contributed by atoms with van der Waals surface area (Å²) >= 11 is 0. The lowest BCUT2D eigenvalue weighted by Gasteiger charge is -2.27. The van der Waals surface area contributed by atoms with E-state index in [9.17, 15) is 4.79 Å². The minimum Gasteiger partial charge on any atom is -0.444 e. The summed E-state index contributed by atoms with van der Waals surface area (Å²) < 4.78 is 5.30. The summed E-state index contributed by atoms with van der Waals surface area (Å²) in [6.45, 7) is 11.8. The predicted molar refractivity (Wildman–Crippen MR) is 59.5 cm³/mol. The van der Waals surface area contributed by atoms with Gasteiger partial charge in [-0.15, -0.1) is 6.58 Å². The van der Waals surface area contributed by atoms with Crippen LogP contribution >= 0.6 is 0 Å². The summed E-state index contributed by atoms with van der Waals surface area (Å²) in [4.78, 5) is 13.4. The van der Waals surface area contributed by atoms with Crippen molar-refractivity contribution in [3.8, 4) is 0 Å². The average molecular weight is 212 g/mol. The molecule has 4 nitrogen and oxygen atoms in total. The summed E-state index contributed by atoms with van der Waals surface area (Å²) in [6.07, 6.45) is 1.54. The molecule has 2 unspecified atom stereocenters. The van der Waals surface area contributed by atoms with Gasteiger partial charge in [0.2, 0.25) is 0 Å². The van der Waals surface area contributed by atoms with E-state index in [1.165, 1.54) is 0 Å². The second-order valence-electron chi connectivity index (χ2n) is 4.81. The van der Waals surface area contributed by atoms with Gasteiger partial charge in [0, 0.05) is 6.04 Å². The van der Waals surface area contributed by atoms with Gasteiger partial charge in [-0.25, -0.2) is 4.79 Å². The molecular weight excluding hydrogens is 192 g/mol. The van der Waals surface area contributed by atoms with Gasteiger partial charge in [0.05, 0.1) is 12.7 Å². The summed E-state index contributed by atoms with van der Waals surface area (Å²) in [5.74, 6) is 0. The molecule has 1 N–H and O–H groups in total. The molecule has 1 heterocycles. The van der Waals surface area contributed by atoms with Crippen LogP contribution in [0.15, 0.2) is 12.7 Å². The van der Waals surface area contributed by atoms with Crippen LogP contribution in [0.5, 0.6) is 0 Å². The highest BCUT2D eigenvalue weighted by Gasteiger charge is 2.34. The first-order chi connectivity index (χ1) is 6.85. The number of nitrogens with one attached hydrogen (secondary N) is 1. The Balaban J connectivity index is 2.59. The first-order valence-electron chi connectivity index (χ1n) is 5.20. The van der Waals surface area contributed by atoms with Gasteiger partial charge in [-0.3, -0.25) is 10.2 Å². The number of carbonyl (C=O) groups excluding carboxylic acids is 1. The van der Waals surface area contributed by atoms with Crippen LogP contribution in [0.2, 0.25) is 0 Å². The third kappa shape index (κ3) is 2.96. The molecule has 0 saturated carbocycles. The zero-order chi connectivity index (χ0) is 11.6. The fourth-order valence-corrected chi connectivity index (χ4v) is 1.54. The molecule has 0 aliphatic carbocycles. The Kier molecular flexibility index (Phi) is 3.39. The Morgan fingerprint density at radius 1 is 1.60 bits per heavy atom. The minimum absolute atomic E-state index is 0.0948. The normalized spacial score (nSPS) is 26.5. The van der Waals surface area contributed by atoms with Gasteiger partial charge in [0.1, 0.15) is 5.60 Å². The van der Waals surface area contributed by atoms with Crippen molar-refractivity contribution in [2.75, 3.05) is 6.67 Å². The topological polar surface area (TPSA) is 41.6 Å². The van der Waals surface area contributed by atoms with E-state index in [1.54, 1.807) is 4.90 Å². The van der Waals surface area contributed by atoms with Gasteiger partial charge >= 0.3 is 6.09 Å². The maximum absolute atomic E-state index is 11.8. The van der Waals surface area contributed by atoms with Crippen LogP contribution in [-0.4, -0.2) is 35.3 Å². The van der Waals surface area contributed by atoms with E-state index in [1.807, 2.05) is 33.8 Å². The Labute approximate surface area is 91.3 Å². The second kappa shape index (κ2) is 4.23. The number of carbonyl (C=O) groups is 1. The molecule has 1 aliphatic heterocycles. The molecule has 0 aromatic heterocycles. The zero-order valence-corrected chi connectivity index (χ0v) is 9.91. The van der Waals surface area contributed by atoms with Crippen molar-refractivity contribution in [3.05, 3.63) is 12.7 Å². The summed E-state index contributed by atoms with van der Waals surface area (Å²) in [5, 5.41) is 3.18. The van der Waals surface area contributed by atoms with Gasteiger partial charge in [-0.1, -0.05) is 6.08 Å². The SMILES string of the molecule is C=CC1NCN(C(=O)OC(C)(C)C)C1C. The van der Waals surface area contributed by atoms with Crippen LogP contribution < -0.4 is 5.32 Å². The lowest BCUT2D eigenvalue weighted by atomic mass is 10.1. The molecule has 15 heavy (non-hydrogen) atoms. The summed E-state index contributed by atoms with van der Waals surface area (Å²) in [7, 11) is 0. The number of ether oxygens (including phenoxy) is 1. The van der Waals surface area contributed by atoms with Gasteiger partial charge in [-0.2, -0.15) is 0 Å². The van der Waals surface area contributed by atoms with E-state index in [0.717, 1.165) is 0 Å². The van der Waals surface area contributed by atoms with Gasteiger partial charge < -0.3 is 4.74 Å². The third-order valence-electron chi connectivity index (χ3n) is 2.39. The molecule has 0 bridgehead atoms. The van der Waals surface area contributed by atoms with Crippen molar-refractivity contribution in [1.82, 2.24) is 10.2 Å². The van der Waals surface area contributed by atoms with E-state index in [-0.39, 0.29) is 18.2 Å². The van der Waals surface area contributed by atoms with Crippen molar-refractivity contribution >= 4 is 6.09 Å². The Bertz CT molecular complexity index is 258. The van der Waals surface area contributed by atoms with E-state index >= 15 is 0 Å². The molecule has 0 radical (unpaired) electrons. The van der Waals surface area contributed by atoms with Crippen LogP contribution in [0.1, 0.15) is 27.7 Å². The highest BCUT2D eigenvalue weighted by atomic mass is 16.6. The van der Waals surface area contributed by atoms with Crippen LogP contribution in [0.25, 0.3) is 0 Å². The highest BCUT2D eigenvalue weighted by Crippen LogP contribution is 2.16. The van der Waals surface area contributed by atoms with E-state index < -0.39 is 5.60 Å². The molecule has 0 spiro atoms. The number of nitrogens with zero attached hydrogens (tertiary/aromatic N) is 1. The first kappa shape index (κ1) is 12.0. The lowest BCUT2D eigenvalue weighted by molar-refractivity contribution is 0.0235. The van der Waals surface area contributed by atoms with Crippen molar-refractivity contribution in [2.24, 2.45) is 0 Å². The Morgan fingerprint density at radius 2 is 2.20 bits per heavy atom. The highest BCUT2D eigenvalue weighted by molar-refractivity contribution is 5.69. The first-order valence-corrected chi connectivity index (χ1v) is 5.20. The van der Waals surface area contributed by atoms with Crippen molar-refractivity contribution in [2.45, 2.75) is 45.4 Å². The molecule has 0 aromatic carbocycles. The van der Waals surface area contributed by atoms with Crippen molar-refractivity contribution in [3.63, 3.8) is 0 Å². The molecule has 1 fully saturated rings. The Hall–Kier alpha value is -1.03. The molecule has 2 atom stereocenters. The van der Waals surface area contributed by atoms with Gasteiger partial charge in [0.25, 0.3) is 0 Å². The predicted octanol–water partition coefficient (Wildman–Crippen LogP) is 1.73. The standard InChI is InChI=1S/C11H20N2O2/c1-6-9-8(2)13(7-12-9)10(14)15-11(3,4)5/h6,8-9,12H,1,7H2,2-5H3. The smallest absolute Gasteiger partial charge is 0.411 e. The molecule has 4 heteroatoms. The molecule has 1 saturated heterocycles. The monoisotopic (exact) mass is 212 g/mol. The fourth-order valence-electron chi connectivity index (χ4n) is 1.54. The molecule has 0 aromatic rings. The van der Waals surface area contributed by atoms with Gasteiger partial charge in [0.15, 0.2) is 0 Å². The number of hydrogen-bond acceptors (Lipinski definition) is 3. The molecular formula is C11H20N2O2. The maximum Gasteiger partial charge on any atom is 0.411 e. The number of amides is 1. The van der Waals surface area contributed by atoms with Crippen LogP contribution in [-0.2, 0) is 4.74 Å². The summed E-state index contributed by atoms with van der Waals surface area (Å²) in [6, 6.07) is 0.245. The fraction of sp³-hybridized carbons (Fsp3) is 0.727. The molecule has 1 aliphatic rings. The van der Waals surface area contributed by atoms with Crippen LogP contribution in [0, 0.1) is 0 Å². The zero-order valence-electron chi connectivity index (χ0n) is 9.91.